The molecule has 1 saturated heterocycles. The van der Waals surface area contributed by atoms with Gasteiger partial charge in [0.1, 0.15) is 12.1 Å². The summed E-state index contributed by atoms with van der Waals surface area (Å²) in [6.07, 6.45) is -0.727. The van der Waals surface area contributed by atoms with Gasteiger partial charge in [0.25, 0.3) is 5.92 Å². The fourth-order valence-corrected chi connectivity index (χ4v) is 1.73. The molecular weight excluding hydrogens is 236 g/mol. The van der Waals surface area contributed by atoms with Crippen molar-refractivity contribution in [3.63, 3.8) is 0 Å². The molecule has 0 bridgehead atoms. The van der Waals surface area contributed by atoms with Crippen LogP contribution in [0.3, 0.4) is 0 Å². The number of carboxylic acid groups (broad SMARTS) is 1. The fraction of sp³-hybridized carbons (Fsp3) is 0.600. The number of amides is 1. The molecule has 1 unspecified atom stereocenters. The van der Waals surface area contributed by atoms with E-state index in [4.69, 9.17) is 5.11 Å². The fourth-order valence-electron chi connectivity index (χ4n) is 1.73. The number of carboxylic acids is 1. The molecule has 0 aromatic carbocycles. The zero-order valence-electron chi connectivity index (χ0n) is 9.28. The van der Waals surface area contributed by atoms with Crippen molar-refractivity contribution in [3.05, 3.63) is 12.7 Å². The zero-order chi connectivity index (χ0) is 13.3. The van der Waals surface area contributed by atoms with Gasteiger partial charge in [-0.25, -0.2) is 18.4 Å². The monoisotopic (exact) mass is 249 g/mol. The minimum absolute atomic E-state index is 0.156. The second-order valence-corrected chi connectivity index (χ2v) is 4.06. The molecule has 1 rings (SSSR count). The van der Waals surface area contributed by atoms with Gasteiger partial charge in [0.15, 0.2) is 0 Å². The first-order valence-electron chi connectivity index (χ1n) is 4.89. The maximum absolute atomic E-state index is 13.2. The quantitative estimate of drug-likeness (QED) is 0.769. The first-order chi connectivity index (χ1) is 7.73. The van der Waals surface area contributed by atoms with Crippen LogP contribution < -0.4 is 0 Å². The highest BCUT2D eigenvalue weighted by Gasteiger charge is 2.59. The molecule has 7 heteroatoms. The van der Waals surface area contributed by atoms with Gasteiger partial charge in [-0.15, -0.1) is 0 Å². The Labute approximate surface area is 96.7 Å². The summed E-state index contributed by atoms with van der Waals surface area (Å²) < 4.78 is 31.0. The van der Waals surface area contributed by atoms with E-state index in [1.165, 1.54) is 6.08 Å². The second kappa shape index (κ2) is 4.31. The van der Waals surface area contributed by atoms with Crippen LogP contribution in [0.1, 0.15) is 13.3 Å². The number of alkyl halides is 2. The Kier molecular flexibility index (Phi) is 3.40. The standard InChI is InChI=1S/C10H13F2NO4/c1-3-4-17-8(16)13-6-10(11,12)5-9(13,2)7(14)15/h3H,1,4-6H2,2H3,(H,14,15). The summed E-state index contributed by atoms with van der Waals surface area (Å²) in [5, 5.41) is 8.95. The lowest BCUT2D eigenvalue weighted by Crippen LogP contribution is -2.50. The van der Waals surface area contributed by atoms with E-state index in [9.17, 15) is 18.4 Å². The van der Waals surface area contributed by atoms with Crippen LogP contribution in [-0.2, 0) is 9.53 Å². The SMILES string of the molecule is C=CCOC(=O)N1CC(F)(F)CC1(C)C(=O)O. The Bertz CT molecular complexity index is 358. The van der Waals surface area contributed by atoms with Crippen LogP contribution in [-0.4, -0.2) is 46.7 Å². The van der Waals surface area contributed by atoms with Gasteiger partial charge in [-0.3, -0.25) is 4.90 Å². The lowest BCUT2D eigenvalue weighted by Gasteiger charge is -2.29. The molecule has 1 fully saturated rings. The highest BCUT2D eigenvalue weighted by atomic mass is 19.3. The van der Waals surface area contributed by atoms with Crippen molar-refractivity contribution < 1.29 is 28.2 Å². The maximum Gasteiger partial charge on any atom is 0.411 e. The minimum atomic E-state index is -3.22. The van der Waals surface area contributed by atoms with Crippen LogP contribution >= 0.6 is 0 Å². The summed E-state index contributed by atoms with van der Waals surface area (Å²) in [7, 11) is 0. The van der Waals surface area contributed by atoms with Gasteiger partial charge in [-0.05, 0) is 6.92 Å². The molecule has 0 aliphatic carbocycles. The summed E-state index contributed by atoms with van der Waals surface area (Å²) in [4.78, 5) is 23.0. The smallest absolute Gasteiger partial charge is 0.411 e. The average Bonchev–Trinajstić information content (AvgIpc) is 2.46. The molecule has 1 amide bonds. The number of ether oxygens (including phenoxy) is 1. The van der Waals surface area contributed by atoms with E-state index in [1.807, 2.05) is 0 Å². The van der Waals surface area contributed by atoms with Gasteiger partial charge < -0.3 is 9.84 Å². The topological polar surface area (TPSA) is 66.8 Å². The van der Waals surface area contributed by atoms with Crippen molar-refractivity contribution in [1.29, 1.82) is 0 Å². The molecule has 1 atom stereocenters. The van der Waals surface area contributed by atoms with Crippen molar-refractivity contribution in [2.24, 2.45) is 0 Å². The Hall–Kier alpha value is -1.66. The van der Waals surface area contributed by atoms with Crippen LogP contribution in [0.2, 0.25) is 0 Å². The number of carbonyl (C=O) groups excluding carboxylic acids is 1. The summed E-state index contributed by atoms with van der Waals surface area (Å²) >= 11 is 0. The number of rotatable bonds is 3. The van der Waals surface area contributed by atoms with Crippen molar-refractivity contribution in [2.45, 2.75) is 24.8 Å². The van der Waals surface area contributed by atoms with E-state index in [1.54, 1.807) is 0 Å². The Morgan fingerprint density at radius 1 is 1.59 bits per heavy atom. The molecule has 0 radical (unpaired) electrons. The zero-order valence-corrected chi connectivity index (χ0v) is 9.28. The lowest BCUT2D eigenvalue weighted by atomic mass is 9.98. The molecule has 0 saturated carbocycles. The third kappa shape index (κ3) is 2.54. The highest BCUT2D eigenvalue weighted by molar-refractivity contribution is 5.85. The predicted molar refractivity (Wildman–Crippen MR) is 53.9 cm³/mol. The molecule has 1 aliphatic rings. The maximum atomic E-state index is 13.2. The predicted octanol–water partition coefficient (Wildman–Crippen LogP) is 1.49. The van der Waals surface area contributed by atoms with Crippen LogP contribution in [0.25, 0.3) is 0 Å². The van der Waals surface area contributed by atoms with Gasteiger partial charge in [0.2, 0.25) is 0 Å². The number of nitrogens with zero attached hydrogens (tertiary/aromatic N) is 1. The molecule has 17 heavy (non-hydrogen) atoms. The Morgan fingerprint density at radius 3 is 2.65 bits per heavy atom. The van der Waals surface area contributed by atoms with Gasteiger partial charge in [-0.1, -0.05) is 12.7 Å². The Balaban J connectivity index is 2.92. The molecule has 0 aromatic rings. The van der Waals surface area contributed by atoms with Crippen LogP contribution in [0.4, 0.5) is 13.6 Å². The van der Waals surface area contributed by atoms with E-state index < -0.39 is 36.5 Å². The van der Waals surface area contributed by atoms with E-state index in [0.29, 0.717) is 4.90 Å². The van der Waals surface area contributed by atoms with Crippen molar-refractivity contribution in [3.8, 4) is 0 Å². The van der Waals surface area contributed by atoms with Gasteiger partial charge in [0.05, 0.1) is 6.54 Å². The first-order valence-corrected chi connectivity index (χ1v) is 4.89. The second-order valence-electron chi connectivity index (χ2n) is 4.06. The molecular formula is C10H13F2NO4. The van der Waals surface area contributed by atoms with Crippen molar-refractivity contribution in [1.82, 2.24) is 4.90 Å². The van der Waals surface area contributed by atoms with Crippen LogP contribution in [0.15, 0.2) is 12.7 Å². The van der Waals surface area contributed by atoms with Crippen LogP contribution in [0, 0.1) is 0 Å². The van der Waals surface area contributed by atoms with Gasteiger partial charge in [0, 0.05) is 6.42 Å². The third-order valence-corrected chi connectivity index (χ3v) is 2.59. The number of halogens is 2. The summed E-state index contributed by atoms with van der Waals surface area (Å²) in [6.45, 7) is 3.27. The molecule has 96 valence electrons. The normalized spacial score (nSPS) is 26.6. The molecule has 0 aromatic heterocycles. The third-order valence-electron chi connectivity index (χ3n) is 2.59. The first kappa shape index (κ1) is 13.4. The van der Waals surface area contributed by atoms with E-state index in [2.05, 4.69) is 11.3 Å². The lowest BCUT2D eigenvalue weighted by molar-refractivity contribution is -0.148. The van der Waals surface area contributed by atoms with Crippen LogP contribution in [0.5, 0.6) is 0 Å². The molecule has 5 nitrogen and oxygen atoms in total. The van der Waals surface area contributed by atoms with Gasteiger partial charge in [-0.2, -0.15) is 0 Å². The molecule has 1 aliphatic heterocycles. The summed E-state index contributed by atoms with van der Waals surface area (Å²) in [5.74, 6) is -4.70. The molecule has 1 heterocycles. The minimum Gasteiger partial charge on any atom is -0.480 e. The van der Waals surface area contributed by atoms with Crippen molar-refractivity contribution >= 4 is 12.1 Å². The van der Waals surface area contributed by atoms with Gasteiger partial charge >= 0.3 is 12.1 Å². The molecule has 0 spiro atoms. The number of carbonyl (C=O) groups is 2. The Morgan fingerprint density at radius 2 is 2.18 bits per heavy atom. The summed E-state index contributed by atoms with van der Waals surface area (Å²) in [6, 6.07) is 0. The van der Waals surface area contributed by atoms with E-state index in [-0.39, 0.29) is 6.61 Å². The molecule has 1 N–H and O–H groups in total. The number of likely N-dealkylation sites (tertiary alicyclic amines) is 1. The number of hydrogen-bond acceptors (Lipinski definition) is 3. The van der Waals surface area contributed by atoms with E-state index in [0.717, 1.165) is 6.92 Å². The summed E-state index contributed by atoms with van der Waals surface area (Å²) in [5.41, 5.74) is -1.94. The largest absolute Gasteiger partial charge is 0.480 e. The highest BCUT2D eigenvalue weighted by Crippen LogP contribution is 2.39. The number of hydrogen-bond donors (Lipinski definition) is 1. The van der Waals surface area contributed by atoms with Crippen molar-refractivity contribution in [2.75, 3.05) is 13.2 Å². The number of aliphatic carboxylic acids is 1. The van der Waals surface area contributed by atoms with E-state index >= 15 is 0 Å². The average molecular weight is 249 g/mol.